The molecule has 0 saturated carbocycles. The molecule has 2 aromatic rings. The maximum atomic E-state index is 13.0. The molecular formula is C11H8F2N4O. The van der Waals surface area contributed by atoms with Gasteiger partial charge in [-0.05, 0) is 12.1 Å². The number of halogens is 2. The van der Waals surface area contributed by atoms with E-state index in [1.165, 1.54) is 0 Å². The van der Waals surface area contributed by atoms with Gasteiger partial charge in [0.1, 0.15) is 17.5 Å². The standard InChI is InChI=1S/C11H8F2N4O/c12-6-1-5(2-7(13)3-6)11-16-4-8(10(15)18)9(14)17-11/h1-4H,(H2,15,18)(H2,14,16,17). The van der Waals surface area contributed by atoms with Gasteiger partial charge in [-0.2, -0.15) is 0 Å². The molecule has 0 radical (unpaired) electrons. The van der Waals surface area contributed by atoms with Crippen molar-refractivity contribution in [3.8, 4) is 11.4 Å². The summed E-state index contributed by atoms with van der Waals surface area (Å²) >= 11 is 0. The van der Waals surface area contributed by atoms with E-state index in [0.717, 1.165) is 24.4 Å². The molecule has 1 heterocycles. The Hall–Kier alpha value is -2.57. The number of amides is 1. The molecule has 0 aliphatic rings. The third kappa shape index (κ3) is 2.24. The van der Waals surface area contributed by atoms with Crippen molar-refractivity contribution in [1.29, 1.82) is 0 Å². The molecule has 1 aromatic heterocycles. The van der Waals surface area contributed by atoms with E-state index in [1.54, 1.807) is 0 Å². The van der Waals surface area contributed by atoms with Crippen LogP contribution >= 0.6 is 0 Å². The average molecular weight is 250 g/mol. The van der Waals surface area contributed by atoms with E-state index in [2.05, 4.69) is 9.97 Å². The third-order valence-corrected chi connectivity index (χ3v) is 2.20. The lowest BCUT2D eigenvalue weighted by Crippen LogP contribution is -2.15. The van der Waals surface area contributed by atoms with Crippen LogP contribution in [0.1, 0.15) is 10.4 Å². The number of carbonyl (C=O) groups is 1. The lowest BCUT2D eigenvalue weighted by Gasteiger charge is -2.04. The largest absolute Gasteiger partial charge is 0.383 e. The lowest BCUT2D eigenvalue weighted by atomic mass is 10.2. The summed E-state index contributed by atoms with van der Waals surface area (Å²) < 4.78 is 26.0. The molecule has 1 aromatic carbocycles. The van der Waals surface area contributed by atoms with Gasteiger partial charge in [-0.15, -0.1) is 0 Å². The second-order valence-electron chi connectivity index (χ2n) is 3.51. The van der Waals surface area contributed by atoms with E-state index in [1.807, 2.05) is 0 Å². The van der Waals surface area contributed by atoms with Crippen LogP contribution in [0.3, 0.4) is 0 Å². The minimum atomic E-state index is -0.774. The normalized spacial score (nSPS) is 10.3. The summed E-state index contributed by atoms with van der Waals surface area (Å²) in [5, 5.41) is 0. The van der Waals surface area contributed by atoms with Gasteiger partial charge in [0.15, 0.2) is 5.82 Å². The van der Waals surface area contributed by atoms with Gasteiger partial charge in [-0.1, -0.05) is 0 Å². The second-order valence-corrected chi connectivity index (χ2v) is 3.51. The van der Waals surface area contributed by atoms with Gasteiger partial charge < -0.3 is 11.5 Å². The van der Waals surface area contributed by atoms with Gasteiger partial charge in [0.05, 0.1) is 5.56 Å². The summed E-state index contributed by atoms with van der Waals surface area (Å²) in [5.41, 5.74) is 10.6. The number of aromatic nitrogens is 2. The molecule has 0 unspecified atom stereocenters. The Morgan fingerprint density at radius 1 is 1.17 bits per heavy atom. The van der Waals surface area contributed by atoms with Crippen molar-refractivity contribution < 1.29 is 13.6 Å². The first kappa shape index (κ1) is 11.9. The number of benzene rings is 1. The number of primary amides is 1. The molecular weight excluding hydrogens is 242 g/mol. The highest BCUT2D eigenvalue weighted by atomic mass is 19.1. The van der Waals surface area contributed by atoms with E-state index >= 15 is 0 Å². The monoisotopic (exact) mass is 250 g/mol. The van der Waals surface area contributed by atoms with Crippen molar-refractivity contribution in [1.82, 2.24) is 9.97 Å². The zero-order chi connectivity index (χ0) is 13.3. The van der Waals surface area contributed by atoms with Crippen molar-refractivity contribution in [2.75, 3.05) is 5.73 Å². The first-order valence-electron chi connectivity index (χ1n) is 4.86. The maximum Gasteiger partial charge on any atom is 0.254 e. The SMILES string of the molecule is NC(=O)c1cnc(-c2cc(F)cc(F)c2)nc1N. The Kier molecular flexibility index (Phi) is 2.88. The van der Waals surface area contributed by atoms with Crippen molar-refractivity contribution >= 4 is 11.7 Å². The quantitative estimate of drug-likeness (QED) is 0.834. The summed E-state index contributed by atoms with van der Waals surface area (Å²) in [6.07, 6.45) is 1.11. The summed E-state index contributed by atoms with van der Waals surface area (Å²) in [6.45, 7) is 0. The average Bonchev–Trinajstić information content (AvgIpc) is 2.26. The Labute approximate surface area is 100 Å². The molecule has 5 nitrogen and oxygen atoms in total. The summed E-state index contributed by atoms with van der Waals surface area (Å²) in [6, 6.07) is 2.84. The Balaban J connectivity index is 2.52. The smallest absolute Gasteiger partial charge is 0.254 e. The van der Waals surface area contributed by atoms with E-state index < -0.39 is 17.5 Å². The van der Waals surface area contributed by atoms with Crippen molar-refractivity contribution in [3.63, 3.8) is 0 Å². The summed E-state index contributed by atoms with van der Waals surface area (Å²) in [7, 11) is 0. The molecule has 4 N–H and O–H groups in total. The number of nitrogens with zero attached hydrogens (tertiary/aromatic N) is 2. The fourth-order valence-electron chi connectivity index (χ4n) is 1.41. The predicted octanol–water partition coefficient (Wildman–Crippen LogP) is 1.10. The van der Waals surface area contributed by atoms with Crippen LogP contribution in [0.2, 0.25) is 0 Å². The van der Waals surface area contributed by atoms with Crippen LogP contribution in [0.25, 0.3) is 11.4 Å². The van der Waals surface area contributed by atoms with Crippen LogP contribution in [0.5, 0.6) is 0 Å². The molecule has 0 fully saturated rings. The number of nitrogens with two attached hydrogens (primary N) is 2. The van der Waals surface area contributed by atoms with Crippen LogP contribution in [-0.2, 0) is 0 Å². The first-order valence-corrected chi connectivity index (χ1v) is 4.86. The van der Waals surface area contributed by atoms with E-state index in [9.17, 15) is 13.6 Å². The van der Waals surface area contributed by atoms with Crippen LogP contribution in [0.4, 0.5) is 14.6 Å². The minimum Gasteiger partial charge on any atom is -0.383 e. The van der Waals surface area contributed by atoms with Crippen molar-refractivity contribution in [2.24, 2.45) is 5.73 Å². The molecule has 0 saturated heterocycles. The maximum absolute atomic E-state index is 13.0. The number of hydrogen-bond acceptors (Lipinski definition) is 4. The molecule has 92 valence electrons. The van der Waals surface area contributed by atoms with Gasteiger partial charge in [-0.3, -0.25) is 4.79 Å². The van der Waals surface area contributed by atoms with Crippen molar-refractivity contribution in [2.45, 2.75) is 0 Å². The van der Waals surface area contributed by atoms with Gasteiger partial charge >= 0.3 is 0 Å². The zero-order valence-electron chi connectivity index (χ0n) is 9.02. The minimum absolute atomic E-state index is 0.0101. The molecule has 0 spiro atoms. The van der Waals surface area contributed by atoms with Gasteiger partial charge in [-0.25, -0.2) is 18.7 Å². The van der Waals surface area contributed by atoms with Crippen LogP contribution < -0.4 is 11.5 Å². The molecule has 2 rings (SSSR count). The summed E-state index contributed by atoms with van der Waals surface area (Å²) in [5.74, 6) is -2.42. The van der Waals surface area contributed by atoms with Crippen LogP contribution in [0, 0.1) is 11.6 Å². The molecule has 0 aliphatic carbocycles. The van der Waals surface area contributed by atoms with Crippen LogP contribution in [0.15, 0.2) is 24.4 Å². The van der Waals surface area contributed by atoms with E-state index in [0.29, 0.717) is 0 Å². The van der Waals surface area contributed by atoms with Crippen molar-refractivity contribution in [3.05, 3.63) is 41.6 Å². The van der Waals surface area contributed by atoms with Gasteiger partial charge in [0.25, 0.3) is 5.91 Å². The van der Waals surface area contributed by atoms with E-state index in [4.69, 9.17) is 11.5 Å². The number of rotatable bonds is 2. The fourth-order valence-corrected chi connectivity index (χ4v) is 1.41. The zero-order valence-corrected chi connectivity index (χ0v) is 9.02. The first-order chi connectivity index (χ1) is 8.47. The van der Waals surface area contributed by atoms with E-state index in [-0.39, 0.29) is 22.8 Å². The second kappa shape index (κ2) is 4.36. The Bertz CT molecular complexity index is 610. The highest BCUT2D eigenvalue weighted by Gasteiger charge is 2.11. The number of carbonyl (C=O) groups excluding carboxylic acids is 1. The fraction of sp³-hybridized carbons (Fsp3) is 0. The molecule has 1 amide bonds. The topological polar surface area (TPSA) is 94.9 Å². The highest BCUT2D eigenvalue weighted by Crippen LogP contribution is 2.19. The van der Waals surface area contributed by atoms with Crippen LogP contribution in [-0.4, -0.2) is 15.9 Å². The molecule has 0 atom stereocenters. The molecule has 7 heteroatoms. The Morgan fingerprint density at radius 2 is 1.78 bits per heavy atom. The lowest BCUT2D eigenvalue weighted by molar-refractivity contribution is 0.100. The molecule has 0 aliphatic heterocycles. The number of nitrogen functional groups attached to an aromatic ring is 1. The molecule has 18 heavy (non-hydrogen) atoms. The third-order valence-electron chi connectivity index (χ3n) is 2.20. The number of hydrogen-bond donors (Lipinski definition) is 2. The predicted molar refractivity (Wildman–Crippen MR) is 60.3 cm³/mol. The number of anilines is 1. The highest BCUT2D eigenvalue weighted by molar-refractivity contribution is 5.96. The van der Waals surface area contributed by atoms with Gasteiger partial charge in [0.2, 0.25) is 0 Å². The summed E-state index contributed by atoms with van der Waals surface area (Å²) in [4.78, 5) is 18.5. The van der Waals surface area contributed by atoms with Gasteiger partial charge in [0, 0.05) is 17.8 Å². The molecule has 0 bridgehead atoms. The Morgan fingerprint density at radius 3 is 2.28 bits per heavy atom.